The van der Waals surface area contributed by atoms with Gasteiger partial charge in [-0.2, -0.15) is 0 Å². The van der Waals surface area contributed by atoms with E-state index in [9.17, 15) is 14.7 Å². The second-order valence-electron chi connectivity index (χ2n) is 5.34. The molecule has 1 aromatic rings. The standard InChI is InChI=1S/C16H21NO3/c1-3-12-7-4-5-8-14(12)15(18)17-10-6-9-13(11(17)2)16(19)20/h4-5,7-8,11,13H,3,6,9-10H2,1-2H3,(H,19,20)/t11-,13-/m0/s1. The molecule has 0 aromatic heterocycles. The van der Waals surface area contributed by atoms with E-state index in [2.05, 4.69) is 0 Å². The molecule has 0 unspecified atom stereocenters. The van der Waals surface area contributed by atoms with Crippen molar-refractivity contribution in [3.05, 3.63) is 35.4 Å². The number of carbonyl (C=O) groups excluding carboxylic acids is 1. The number of rotatable bonds is 3. The lowest BCUT2D eigenvalue weighted by atomic mass is 9.89. The first-order valence-electron chi connectivity index (χ1n) is 7.18. The number of aliphatic carboxylic acids is 1. The zero-order chi connectivity index (χ0) is 14.7. The van der Waals surface area contributed by atoms with Gasteiger partial charge in [-0.25, -0.2) is 0 Å². The predicted octanol–water partition coefficient (Wildman–Crippen LogP) is 2.57. The minimum Gasteiger partial charge on any atom is -0.481 e. The number of piperidine rings is 1. The van der Waals surface area contributed by atoms with Crippen LogP contribution in [0.2, 0.25) is 0 Å². The smallest absolute Gasteiger partial charge is 0.308 e. The second-order valence-corrected chi connectivity index (χ2v) is 5.34. The van der Waals surface area contributed by atoms with Crippen LogP contribution in [0.5, 0.6) is 0 Å². The molecule has 1 N–H and O–H groups in total. The van der Waals surface area contributed by atoms with Crippen molar-refractivity contribution in [1.29, 1.82) is 0 Å². The summed E-state index contributed by atoms with van der Waals surface area (Å²) in [5.74, 6) is -1.30. The molecule has 4 heteroatoms. The maximum absolute atomic E-state index is 12.7. The van der Waals surface area contributed by atoms with Crippen molar-refractivity contribution in [2.75, 3.05) is 6.54 Å². The van der Waals surface area contributed by atoms with Gasteiger partial charge in [0.15, 0.2) is 0 Å². The number of hydrogen-bond acceptors (Lipinski definition) is 2. The normalized spacial score (nSPS) is 22.6. The van der Waals surface area contributed by atoms with Gasteiger partial charge >= 0.3 is 5.97 Å². The molecule has 1 aliphatic heterocycles. The van der Waals surface area contributed by atoms with E-state index in [0.29, 0.717) is 18.5 Å². The van der Waals surface area contributed by atoms with Crippen molar-refractivity contribution in [2.24, 2.45) is 5.92 Å². The Morgan fingerprint density at radius 1 is 1.35 bits per heavy atom. The Morgan fingerprint density at radius 2 is 2.05 bits per heavy atom. The van der Waals surface area contributed by atoms with Gasteiger partial charge in [-0.05, 0) is 37.8 Å². The molecule has 0 radical (unpaired) electrons. The topological polar surface area (TPSA) is 57.6 Å². The Kier molecular flexibility index (Phi) is 4.42. The highest BCUT2D eigenvalue weighted by atomic mass is 16.4. The molecule has 108 valence electrons. The molecule has 0 spiro atoms. The van der Waals surface area contributed by atoms with Gasteiger partial charge < -0.3 is 10.0 Å². The molecule has 2 rings (SSSR count). The van der Waals surface area contributed by atoms with E-state index in [4.69, 9.17) is 0 Å². The average molecular weight is 275 g/mol. The molecule has 1 heterocycles. The highest BCUT2D eigenvalue weighted by Crippen LogP contribution is 2.26. The third-order valence-corrected chi connectivity index (χ3v) is 4.19. The summed E-state index contributed by atoms with van der Waals surface area (Å²) in [5.41, 5.74) is 1.72. The second kappa shape index (κ2) is 6.07. The molecule has 0 aliphatic carbocycles. The Labute approximate surface area is 119 Å². The van der Waals surface area contributed by atoms with Crippen LogP contribution in [0.25, 0.3) is 0 Å². The van der Waals surface area contributed by atoms with Crippen LogP contribution in [-0.2, 0) is 11.2 Å². The summed E-state index contributed by atoms with van der Waals surface area (Å²) < 4.78 is 0. The lowest BCUT2D eigenvalue weighted by molar-refractivity contribution is -0.144. The highest BCUT2D eigenvalue weighted by molar-refractivity contribution is 5.96. The molecule has 4 nitrogen and oxygen atoms in total. The molecular weight excluding hydrogens is 254 g/mol. The summed E-state index contributed by atoms with van der Waals surface area (Å²) in [6.07, 6.45) is 2.20. The van der Waals surface area contributed by atoms with Crippen LogP contribution in [0.15, 0.2) is 24.3 Å². The molecule has 0 saturated carbocycles. The van der Waals surface area contributed by atoms with Crippen molar-refractivity contribution in [3.8, 4) is 0 Å². The predicted molar refractivity (Wildman–Crippen MR) is 76.7 cm³/mol. The van der Waals surface area contributed by atoms with Gasteiger partial charge in [-0.3, -0.25) is 9.59 Å². The van der Waals surface area contributed by atoms with Crippen molar-refractivity contribution >= 4 is 11.9 Å². The number of aryl methyl sites for hydroxylation is 1. The molecule has 1 fully saturated rings. The van der Waals surface area contributed by atoms with Crippen LogP contribution in [0.4, 0.5) is 0 Å². The van der Waals surface area contributed by atoms with E-state index in [1.165, 1.54) is 0 Å². The van der Waals surface area contributed by atoms with Crippen molar-refractivity contribution in [2.45, 2.75) is 39.2 Å². The zero-order valence-corrected chi connectivity index (χ0v) is 12.0. The number of benzene rings is 1. The van der Waals surface area contributed by atoms with Crippen LogP contribution in [-0.4, -0.2) is 34.5 Å². The zero-order valence-electron chi connectivity index (χ0n) is 12.0. The van der Waals surface area contributed by atoms with E-state index in [1.807, 2.05) is 38.1 Å². The summed E-state index contributed by atoms with van der Waals surface area (Å²) in [5, 5.41) is 9.24. The largest absolute Gasteiger partial charge is 0.481 e. The highest BCUT2D eigenvalue weighted by Gasteiger charge is 2.35. The number of amides is 1. The minimum atomic E-state index is -0.807. The van der Waals surface area contributed by atoms with Gasteiger partial charge in [-0.15, -0.1) is 0 Å². The van der Waals surface area contributed by atoms with E-state index in [0.717, 1.165) is 18.4 Å². The first-order chi connectivity index (χ1) is 9.56. The lowest BCUT2D eigenvalue weighted by Gasteiger charge is -2.37. The van der Waals surface area contributed by atoms with Crippen LogP contribution < -0.4 is 0 Å². The van der Waals surface area contributed by atoms with E-state index < -0.39 is 11.9 Å². The molecular formula is C16H21NO3. The number of carbonyl (C=O) groups is 2. The van der Waals surface area contributed by atoms with Gasteiger partial charge in [0.25, 0.3) is 5.91 Å². The Balaban J connectivity index is 2.26. The maximum Gasteiger partial charge on any atom is 0.308 e. The number of carboxylic acid groups (broad SMARTS) is 1. The van der Waals surface area contributed by atoms with Gasteiger partial charge in [0.2, 0.25) is 0 Å². The Bertz CT molecular complexity index is 512. The third-order valence-electron chi connectivity index (χ3n) is 4.19. The first-order valence-corrected chi connectivity index (χ1v) is 7.18. The molecule has 20 heavy (non-hydrogen) atoms. The molecule has 1 amide bonds. The lowest BCUT2D eigenvalue weighted by Crippen LogP contribution is -2.49. The quantitative estimate of drug-likeness (QED) is 0.922. The van der Waals surface area contributed by atoms with Crippen LogP contribution >= 0.6 is 0 Å². The molecule has 2 atom stereocenters. The van der Waals surface area contributed by atoms with Gasteiger partial charge in [0, 0.05) is 18.2 Å². The minimum absolute atomic E-state index is 0.0408. The van der Waals surface area contributed by atoms with Gasteiger partial charge in [0.1, 0.15) is 0 Å². The number of likely N-dealkylation sites (tertiary alicyclic amines) is 1. The summed E-state index contributed by atoms with van der Waals surface area (Å²) in [7, 11) is 0. The molecule has 0 bridgehead atoms. The monoisotopic (exact) mass is 275 g/mol. The summed E-state index contributed by atoms with van der Waals surface area (Å²) in [6.45, 7) is 4.50. The first kappa shape index (κ1) is 14.6. The van der Waals surface area contributed by atoms with Crippen LogP contribution in [0.3, 0.4) is 0 Å². The number of hydrogen-bond donors (Lipinski definition) is 1. The van der Waals surface area contributed by atoms with E-state index in [-0.39, 0.29) is 11.9 Å². The Hall–Kier alpha value is -1.84. The molecule has 1 saturated heterocycles. The summed E-state index contributed by atoms with van der Waals surface area (Å²) >= 11 is 0. The SMILES string of the molecule is CCc1ccccc1C(=O)N1CCC[C@H](C(=O)O)[C@@H]1C. The van der Waals surface area contributed by atoms with Gasteiger partial charge in [-0.1, -0.05) is 25.1 Å². The van der Waals surface area contributed by atoms with Gasteiger partial charge in [0.05, 0.1) is 5.92 Å². The summed E-state index contributed by atoms with van der Waals surface area (Å²) in [4.78, 5) is 25.7. The fraction of sp³-hybridized carbons (Fsp3) is 0.500. The van der Waals surface area contributed by atoms with E-state index >= 15 is 0 Å². The van der Waals surface area contributed by atoms with Crippen molar-refractivity contribution < 1.29 is 14.7 Å². The summed E-state index contributed by atoms with van der Waals surface area (Å²) in [6, 6.07) is 7.32. The number of nitrogens with zero attached hydrogens (tertiary/aromatic N) is 1. The third kappa shape index (κ3) is 2.69. The fourth-order valence-electron chi connectivity index (χ4n) is 2.95. The van der Waals surface area contributed by atoms with E-state index in [1.54, 1.807) is 4.90 Å². The Morgan fingerprint density at radius 3 is 2.70 bits per heavy atom. The maximum atomic E-state index is 12.7. The number of carboxylic acids is 1. The molecule has 1 aliphatic rings. The average Bonchev–Trinajstić information content (AvgIpc) is 2.46. The van der Waals surface area contributed by atoms with Crippen LogP contribution in [0.1, 0.15) is 42.6 Å². The van der Waals surface area contributed by atoms with Crippen molar-refractivity contribution in [3.63, 3.8) is 0 Å². The fourth-order valence-corrected chi connectivity index (χ4v) is 2.95. The van der Waals surface area contributed by atoms with Crippen LogP contribution in [0, 0.1) is 5.92 Å². The molecule has 1 aromatic carbocycles. The van der Waals surface area contributed by atoms with Crippen molar-refractivity contribution in [1.82, 2.24) is 4.90 Å².